The summed E-state index contributed by atoms with van der Waals surface area (Å²) in [5.41, 5.74) is 6.22. The molecule has 0 unspecified atom stereocenters. The Bertz CT molecular complexity index is 1020. The van der Waals surface area contributed by atoms with Gasteiger partial charge in [0.1, 0.15) is 12.4 Å². The predicted molar refractivity (Wildman–Crippen MR) is 122 cm³/mol. The van der Waals surface area contributed by atoms with E-state index in [0.717, 1.165) is 16.9 Å². The molecule has 4 nitrogen and oxygen atoms in total. The van der Waals surface area contributed by atoms with Gasteiger partial charge in [-0.2, -0.15) is 5.10 Å². The van der Waals surface area contributed by atoms with E-state index in [0.29, 0.717) is 17.2 Å². The van der Waals surface area contributed by atoms with E-state index in [1.165, 1.54) is 5.56 Å². The van der Waals surface area contributed by atoms with Crippen molar-refractivity contribution in [2.75, 3.05) is 0 Å². The van der Waals surface area contributed by atoms with Crippen LogP contribution in [0.3, 0.4) is 0 Å². The van der Waals surface area contributed by atoms with Crippen LogP contribution in [0.25, 0.3) is 0 Å². The first-order chi connectivity index (χ1) is 14.3. The molecule has 154 valence electrons. The molecule has 0 aliphatic rings. The predicted octanol–water partition coefficient (Wildman–Crippen LogP) is 5.98. The number of amides is 1. The van der Waals surface area contributed by atoms with E-state index in [-0.39, 0.29) is 11.3 Å². The summed E-state index contributed by atoms with van der Waals surface area (Å²) in [4.78, 5) is 12.3. The van der Waals surface area contributed by atoms with Crippen LogP contribution in [-0.4, -0.2) is 12.1 Å². The Morgan fingerprint density at radius 3 is 2.40 bits per heavy atom. The molecule has 1 N–H and O–H groups in total. The first-order valence-electron chi connectivity index (χ1n) is 9.72. The van der Waals surface area contributed by atoms with Crippen molar-refractivity contribution in [2.24, 2.45) is 5.10 Å². The Morgan fingerprint density at radius 1 is 1.03 bits per heavy atom. The number of benzene rings is 3. The third-order valence-corrected chi connectivity index (χ3v) is 4.82. The molecule has 3 aromatic carbocycles. The Morgan fingerprint density at radius 2 is 1.73 bits per heavy atom. The van der Waals surface area contributed by atoms with Crippen molar-refractivity contribution >= 4 is 23.7 Å². The molecule has 30 heavy (non-hydrogen) atoms. The molecule has 0 heterocycles. The number of carbonyl (C=O) groups excluding carboxylic acids is 1. The van der Waals surface area contributed by atoms with Crippen LogP contribution in [0.1, 0.15) is 47.8 Å². The third-order valence-electron chi connectivity index (χ3n) is 4.57. The molecule has 0 fully saturated rings. The first-order valence-corrected chi connectivity index (χ1v) is 10.1. The third kappa shape index (κ3) is 6.19. The molecule has 0 atom stereocenters. The van der Waals surface area contributed by atoms with E-state index in [1.54, 1.807) is 6.21 Å². The summed E-state index contributed by atoms with van der Waals surface area (Å²) in [6.07, 6.45) is 1.59. The SMILES string of the molecule is CC(C)(C)c1ccc(C(=O)N/N=C\c2cccc(OCc3ccc(Cl)cc3)c2)cc1. The van der Waals surface area contributed by atoms with Gasteiger partial charge in [-0.3, -0.25) is 4.79 Å². The van der Waals surface area contributed by atoms with Gasteiger partial charge in [-0.15, -0.1) is 0 Å². The zero-order chi connectivity index (χ0) is 21.6. The Kier molecular flexibility index (Phi) is 6.91. The van der Waals surface area contributed by atoms with Gasteiger partial charge >= 0.3 is 0 Å². The second-order valence-corrected chi connectivity index (χ2v) is 8.45. The van der Waals surface area contributed by atoms with Crippen molar-refractivity contribution in [2.45, 2.75) is 32.8 Å². The summed E-state index contributed by atoms with van der Waals surface area (Å²) in [6, 6.07) is 22.6. The number of hydrogen-bond acceptors (Lipinski definition) is 3. The molecule has 0 spiro atoms. The second-order valence-electron chi connectivity index (χ2n) is 8.01. The summed E-state index contributed by atoms with van der Waals surface area (Å²) in [5, 5.41) is 4.76. The lowest BCUT2D eigenvalue weighted by molar-refractivity contribution is 0.0955. The summed E-state index contributed by atoms with van der Waals surface area (Å²) in [5.74, 6) is 0.472. The Balaban J connectivity index is 1.56. The number of rotatable bonds is 6. The number of nitrogens with zero attached hydrogens (tertiary/aromatic N) is 1. The number of hydrogen-bond donors (Lipinski definition) is 1. The normalized spacial score (nSPS) is 11.5. The van der Waals surface area contributed by atoms with Crippen LogP contribution < -0.4 is 10.2 Å². The Labute approximate surface area is 182 Å². The molecule has 0 aliphatic heterocycles. The average molecular weight is 421 g/mol. The smallest absolute Gasteiger partial charge is 0.271 e. The lowest BCUT2D eigenvalue weighted by Gasteiger charge is -2.18. The molecular formula is C25H25ClN2O2. The zero-order valence-electron chi connectivity index (χ0n) is 17.4. The highest BCUT2D eigenvalue weighted by atomic mass is 35.5. The van der Waals surface area contributed by atoms with Gasteiger partial charge in [0.2, 0.25) is 0 Å². The number of hydrazone groups is 1. The standard InChI is InChI=1S/C25H25ClN2O2/c1-25(2,3)21-11-9-20(10-12-21)24(29)28-27-16-19-5-4-6-23(15-19)30-17-18-7-13-22(26)14-8-18/h4-16H,17H2,1-3H3,(H,28,29)/b27-16-. The lowest BCUT2D eigenvalue weighted by atomic mass is 9.87. The number of halogens is 1. The van der Waals surface area contributed by atoms with Crippen molar-refractivity contribution in [1.29, 1.82) is 0 Å². The van der Waals surface area contributed by atoms with Gasteiger partial charge in [0, 0.05) is 10.6 Å². The summed E-state index contributed by atoms with van der Waals surface area (Å²) >= 11 is 5.90. The van der Waals surface area contributed by atoms with E-state index in [1.807, 2.05) is 72.8 Å². The quantitative estimate of drug-likeness (QED) is 0.394. The van der Waals surface area contributed by atoms with E-state index in [2.05, 4.69) is 31.3 Å². The van der Waals surface area contributed by atoms with E-state index in [9.17, 15) is 4.79 Å². The van der Waals surface area contributed by atoms with Crippen molar-refractivity contribution in [1.82, 2.24) is 5.43 Å². The minimum Gasteiger partial charge on any atom is -0.489 e. The van der Waals surface area contributed by atoms with E-state index < -0.39 is 0 Å². The molecule has 0 saturated carbocycles. The molecule has 0 aliphatic carbocycles. The van der Waals surface area contributed by atoms with Gasteiger partial charge in [0.15, 0.2) is 0 Å². The fourth-order valence-electron chi connectivity index (χ4n) is 2.78. The van der Waals surface area contributed by atoms with Crippen molar-refractivity contribution < 1.29 is 9.53 Å². The first kappa shape index (κ1) is 21.6. The average Bonchev–Trinajstić information content (AvgIpc) is 2.73. The molecule has 3 aromatic rings. The maximum Gasteiger partial charge on any atom is 0.271 e. The van der Waals surface area contributed by atoms with Gasteiger partial charge in [0.25, 0.3) is 5.91 Å². The molecule has 0 aromatic heterocycles. The largest absolute Gasteiger partial charge is 0.489 e. The van der Waals surface area contributed by atoms with Crippen LogP contribution in [0.15, 0.2) is 77.9 Å². The highest BCUT2D eigenvalue weighted by Crippen LogP contribution is 2.22. The molecule has 0 bridgehead atoms. The van der Waals surface area contributed by atoms with Crippen LogP contribution in [0.4, 0.5) is 0 Å². The van der Waals surface area contributed by atoms with Crippen molar-refractivity contribution in [3.8, 4) is 5.75 Å². The monoisotopic (exact) mass is 420 g/mol. The van der Waals surface area contributed by atoms with Gasteiger partial charge in [-0.25, -0.2) is 5.43 Å². The van der Waals surface area contributed by atoms with E-state index >= 15 is 0 Å². The molecule has 0 saturated heterocycles. The molecule has 0 radical (unpaired) electrons. The van der Waals surface area contributed by atoms with Crippen molar-refractivity contribution in [3.63, 3.8) is 0 Å². The van der Waals surface area contributed by atoms with Gasteiger partial charge in [-0.05, 0) is 58.5 Å². The van der Waals surface area contributed by atoms with Crippen LogP contribution >= 0.6 is 11.6 Å². The van der Waals surface area contributed by atoms with Gasteiger partial charge in [-0.1, -0.05) is 68.8 Å². The van der Waals surface area contributed by atoms with Crippen LogP contribution in [0, 0.1) is 0 Å². The van der Waals surface area contributed by atoms with Crippen LogP contribution in [0.2, 0.25) is 5.02 Å². The van der Waals surface area contributed by atoms with E-state index in [4.69, 9.17) is 16.3 Å². The molecule has 1 amide bonds. The fourth-order valence-corrected chi connectivity index (χ4v) is 2.91. The maximum atomic E-state index is 12.3. The van der Waals surface area contributed by atoms with Crippen LogP contribution in [-0.2, 0) is 12.0 Å². The zero-order valence-corrected chi connectivity index (χ0v) is 18.1. The maximum absolute atomic E-state index is 12.3. The highest BCUT2D eigenvalue weighted by molar-refractivity contribution is 6.30. The second kappa shape index (κ2) is 9.59. The molecule has 3 rings (SSSR count). The van der Waals surface area contributed by atoms with Gasteiger partial charge in [0.05, 0.1) is 6.21 Å². The summed E-state index contributed by atoms with van der Waals surface area (Å²) in [7, 11) is 0. The lowest BCUT2D eigenvalue weighted by Crippen LogP contribution is -2.18. The topological polar surface area (TPSA) is 50.7 Å². The number of carbonyl (C=O) groups is 1. The van der Waals surface area contributed by atoms with Crippen molar-refractivity contribution in [3.05, 3.63) is 100 Å². The minimum atomic E-state index is -0.248. The fraction of sp³-hybridized carbons (Fsp3) is 0.200. The van der Waals surface area contributed by atoms with Crippen LogP contribution in [0.5, 0.6) is 5.75 Å². The molecular weight excluding hydrogens is 396 g/mol. The highest BCUT2D eigenvalue weighted by Gasteiger charge is 2.14. The number of nitrogens with one attached hydrogen (secondary N) is 1. The Hall–Kier alpha value is -3.11. The summed E-state index contributed by atoms with van der Waals surface area (Å²) < 4.78 is 5.82. The molecule has 5 heteroatoms. The number of ether oxygens (including phenoxy) is 1. The minimum absolute atomic E-state index is 0.0494. The van der Waals surface area contributed by atoms with Gasteiger partial charge < -0.3 is 4.74 Å². The summed E-state index contributed by atoms with van der Waals surface area (Å²) in [6.45, 7) is 6.86.